The van der Waals surface area contributed by atoms with Crippen molar-refractivity contribution in [1.82, 2.24) is 5.32 Å². The molecule has 0 fully saturated rings. The van der Waals surface area contributed by atoms with Crippen molar-refractivity contribution in [3.63, 3.8) is 0 Å². The van der Waals surface area contributed by atoms with Crippen molar-refractivity contribution >= 4 is 23.2 Å². The van der Waals surface area contributed by atoms with Gasteiger partial charge in [0, 0.05) is 19.7 Å². The molecule has 0 aliphatic rings. The first kappa shape index (κ1) is 15.8. The summed E-state index contributed by atoms with van der Waals surface area (Å²) in [6.07, 6.45) is 0.984. The topological polar surface area (TPSA) is 21.3 Å². The summed E-state index contributed by atoms with van der Waals surface area (Å²) < 4.78 is 5.40. The number of rotatable bonds is 6. The molecule has 0 saturated carbocycles. The number of benzene rings is 1. The van der Waals surface area contributed by atoms with E-state index in [0.29, 0.717) is 10.0 Å². The van der Waals surface area contributed by atoms with E-state index in [1.165, 1.54) is 0 Å². The van der Waals surface area contributed by atoms with Crippen molar-refractivity contribution in [3.8, 4) is 0 Å². The Morgan fingerprint density at radius 2 is 1.94 bits per heavy atom. The van der Waals surface area contributed by atoms with Gasteiger partial charge in [0.15, 0.2) is 0 Å². The molecule has 1 aromatic rings. The molecule has 0 aliphatic heterocycles. The lowest BCUT2D eigenvalue weighted by atomic mass is 10.0. The maximum absolute atomic E-state index is 6.05. The fraction of sp³-hybridized carbons (Fsp3) is 0.571. The third-order valence-corrected chi connectivity index (χ3v) is 3.82. The lowest BCUT2D eigenvalue weighted by Crippen LogP contribution is -2.38. The Morgan fingerprint density at radius 3 is 2.44 bits per heavy atom. The standard InChI is InChI=1S/C14H21Cl2NO/c1-5-13(17-9-14(2,3)18-4)10-6-7-11(15)12(16)8-10/h6-8,13,17H,5,9H2,1-4H3. The second-order valence-electron chi connectivity index (χ2n) is 4.98. The number of methoxy groups -OCH3 is 1. The maximum Gasteiger partial charge on any atom is 0.0746 e. The minimum Gasteiger partial charge on any atom is -0.377 e. The highest BCUT2D eigenvalue weighted by molar-refractivity contribution is 6.42. The van der Waals surface area contributed by atoms with Crippen LogP contribution >= 0.6 is 23.2 Å². The van der Waals surface area contributed by atoms with Crippen LogP contribution in [-0.4, -0.2) is 19.3 Å². The highest BCUT2D eigenvalue weighted by Crippen LogP contribution is 2.27. The molecular formula is C14H21Cl2NO. The van der Waals surface area contributed by atoms with E-state index in [-0.39, 0.29) is 11.6 Å². The van der Waals surface area contributed by atoms with Gasteiger partial charge < -0.3 is 10.1 Å². The van der Waals surface area contributed by atoms with E-state index in [0.717, 1.165) is 18.5 Å². The zero-order valence-corrected chi connectivity index (χ0v) is 12.9. The van der Waals surface area contributed by atoms with Crippen molar-refractivity contribution in [3.05, 3.63) is 33.8 Å². The highest BCUT2D eigenvalue weighted by Gasteiger charge is 2.19. The molecular weight excluding hydrogens is 269 g/mol. The smallest absolute Gasteiger partial charge is 0.0746 e. The summed E-state index contributed by atoms with van der Waals surface area (Å²) >= 11 is 12.0. The van der Waals surface area contributed by atoms with Crippen LogP contribution in [0.3, 0.4) is 0 Å². The van der Waals surface area contributed by atoms with Gasteiger partial charge in [-0.3, -0.25) is 0 Å². The summed E-state index contributed by atoms with van der Waals surface area (Å²) in [5.74, 6) is 0. The third-order valence-electron chi connectivity index (χ3n) is 3.08. The number of ether oxygens (including phenoxy) is 1. The van der Waals surface area contributed by atoms with Crippen molar-refractivity contribution in [2.75, 3.05) is 13.7 Å². The molecule has 4 heteroatoms. The Morgan fingerprint density at radius 1 is 1.28 bits per heavy atom. The molecule has 0 bridgehead atoms. The fourth-order valence-electron chi connectivity index (χ4n) is 1.67. The summed E-state index contributed by atoms with van der Waals surface area (Å²) in [6, 6.07) is 6.03. The van der Waals surface area contributed by atoms with E-state index in [4.69, 9.17) is 27.9 Å². The summed E-state index contributed by atoms with van der Waals surface area (Å²) in [4.78, 5) is 0. The first-order chi connectivity index (χ1) is 8.39. The molecule has 1 rings (SSSR count). The predicted octanol–water partition coefficient (Wildman–Crippen LogP) is 4.46. The Bertz CT molecular complexity index is 393. The summed E-state index contributed by atoms with van der Waals surface area (Å²) in [7, 11) is 1.72. The molecule has 0 spiro atoms. The van der Waals surface area contributed by atoms with E-state index < -0.39 is 0 Å². The zero-order chi connectivity index (χ0) is 13.8. The van der Waals surface area contributed by atoms with Gasteiger partial charge >= 0.3 is 0 Å². The lowest BCUT2D eigenvalue weighted by Gasteiger charge is -2.27. The third kappa shape index (κ3) is 4.43. The van der Waals surface area contributed by atoms with Crippen molar-refractivity contribution in [2.24, 2.45) is 0 Å². The number of halogens is 2. The van der Waals surface area contributed by atoms with E-state index >= 15 is 0 Å². The van der Waals surface area contributed by atoms with Gasteiger partial charge in [-0.1, -0.05) is 36.2 Å². The van der Waals surface area contributed by atoms with E-state index in [1.54, 1.807) is 7.11 Å². The molecule has 0 amide bonds. The minimum absolute atomic E-state index is 0.177. The Balaban J connectivity index is 2.74. The van der Waals surface area contributed by atoms with Gasteiger partial charge in [-0.25, -0.2) is 0 Å². The summed E-state index contributed by atoms with van der Waals surface area (Å²) in [5, 5.41) is 4.68. The number of nitrogens with one attached hydrogen (secondary N) is 1. The first-order valence-electron chi connectivity index (χ1n) is 6.13. The van der Waals surface area contributed by atoms with E-state index in [1.807, 2.05) is 18.2 Å². The largest absolute Gasteiger partial charge is 0.377 e. The van der Waals surface area contributed by atoms with Gasteiger partial charge in [0.25, 0.3) is 0 Å². The van der Waals surface area contributed by atoms with Gasteiger partial charge in [-0.2, -0.15) is 0 Å². The Kier molecular flexibility index (Phi) is 5.93. The predicted molar refractivity (Wildman–Crippen MR) is 78.6 cm³/mol. The fourth-order valence-corrected chi connectivity index (χ4v) is 1.97. The molecule has 18 heavy (non-hydrogen) atoms. The average molecular weight is 290 g/mol. The molecule has 0 heterocycles. The molecule has 102 valence electrons. The molecule has 1 aromatic carbocycles. The van der Waals surface area contributed by atoms with Gasteiger partial charge in [-0.15, -0.1) is 0 Å². The minimum atomic E-state index is -0.177. The number of hydrogen-bond donors (Lipinski definition) is 1. The van der Waals surface area contributed by atoms with Gasteiger partial charge in [0.2, 0.25) is 0 Å². The highest BCUT2D eigenvalue weighted by atomic mass is 35.5. The molecule has 1 atom stereocenters. The quantitative estimate of drug-likeness (QED) is 0.835. The van der Waals surface area contributed by atoms with Gasteiger partial charge in [0.1, 0.15) is 0 Å². The monoisotopic (exact) mass is 289 g/mol. The van der Waals surface area contributed by atoms with Crippen molar-refractivity contribution in [1.29, 1.82) is 0 Å². The second-order valence-corrected chi connectivity index (χ2v) is 5.79. The van der Waals surface area contributed by atoms with Gasteiger partial charge in [-0.05, 0) is 38.0 Å². The maximum atomic E-state index is 6.05. The molecule has 1 unspecified atom stereocenters. The van der Waals surface area contributed by atoms with Crippen LogP contribution in [0.5, 0.6) is 0 Å². The van der Waals surface area contributed by atoms with Crippen LogP contribution < -0.4 is 5.32 Å². The molecule has 0 radical (unpaired) electrons. The van der Waals surface area contributed by atoms with Crippen molar-refractivity contribution < 1.29 is 4.74 Å². The van der Waals surface area contributed by atoms with Crippen LogP contribution in [0.25, 0.3) is 0 Å². The molecule has 2 nitrogen and oxygen atoms in total. The molecule has 0 aliphatic carbocycles. The van der Waals surface area contributed by atoms with Crippen LogP contribution in [0, 0.1) is 0 Å². The van der Waals surface area contributed by atoms with Crippen LogP contribution in [0.4, 0.5) is 0 Å². The number of hydrogen-bond acceptors (Lipinski definition) is 2. The average Bonchev–Trinajstić information content (AvgIpc) is 2.34. The molecule has 0 saturated heterocycles. The SMILES string of the molecule is CCC(NCC(C)(C)OC)c1ccc(Cl)c(Cl)c1. The normalized spacial score (nSPS) is 13.7. The van der Waals surface area contributed by atoms with Crippen LogP contribution in [0.15, 0.2) is 18.2 Å². The Hall–Kier alpha value is -0.280. The van der Waals surface area contributed by atoms with Crippen molar-refractivity contribution in [2.45, 2.75) is 38.8 Å². The zero-order valence-electron chi connectivity index (χ0n) is 11.4. The van der Waals surface area contributed by atoms with Gasteiger partial charge in [0.05, 0.1) is 15.6 Å². The van der Waals surface area contributed by atoms with Crippen LogP contribution in [-0.2, 0) is 4.74 Å². The van der Waals surface area contributed by atoms with E-state index in [2.05, 4.69) is 26.1 Å². The summed E-state index contributed by atoms with van der Waals surface area (Å²) in [6.45, 7) is 7.03. The molecule has 1 N–H and O–H groups in total. The summed E-state index contributed by atoms with van der Waals surface area (Å²) in [5.41, 5.74) is 0.975. The first-order valence-corrected chi connectivity index (χ1v) is 6.88. The van der Waals surface area contributed by atoms with E-state index in [9.17, 15) is 0 Å². The second kappa shape index (κ2) is 6.76. The molecule has 0 aromatic heterocycles. The lowest BCUT2D eigenvalue weighted by molar-refractivity contribution is 0.0209. The van der Waals surface area contributed by atoms with Crippen LogP contribution in [0.2, 0.25) is 10.0 Å². The van der Waals surface area contributed by atoms with Crippen LogP contribution in [0.1, 0.15) is 38.8 Å². The Labute approximate surface area is 120 Å².